The molecule has 1 rings (SSSR count). The fraction of sp³-hybridized carbons (Fsp3) is 0.770. The highest BCUT2D eigenvalue weighted by Gasteiger charge is 2.30. The summed E-state index contributed by atoms with van der Waals surface area (Å²) in [5, 5.41) is 12.5. The number of quaternary nitrogens is 3. The van der Waals surface area contributed by atoms with Gasteiger partial charge in [0, 0.05) is 75.5 Å². The summed E-state index contributed by atoms with van der Waals surface area (Å²) in [5.41, 5.74) is 6.29. The molecule has 0 spiro atoms. The summed E-state index contributed by atoms with van der Waals surface area (Å²) in [7, 11) is 22.2. The quantitative estimate of drug-likeness (QED) is 0.0211. The molecular weight excluding hydrogens is 1100 g/mol. The van der Waals surface area contributed by atoms with E-state index in [4.69, 9.17) is 15.2 Å². The molecule has 0 aliphatic heterocycles. The minimum atomic E-state index is -0.839. The van der Waals surface area contributed by atoms with Gasteiger partial charge in [-0.1, -0.05) is 23.6 Å². The van der Waals surface area contributed by atoms with Crippen LogP contribution in [0.1, 0.15) is 165 Å². The molecule has 1 aromatic heterocycles. The number of ether oxygens (including phenoxy) is 2. The zero-order valence-electron chi connectivity index (χ0n) is 52.8. The number of nitrogens with zero attached hydrogens (tertiary/aromatic N) is 4. The van der Waals surface area contributed by atoms with Crippen molar-refractivity contribution in [1.82, 2.24) is 26.3 Å². The Kier molecular flexibility index (Phi) is 40.2. The van der Waals surface area contributed by atoms with E-state index in [0.717, 1.165) is 108 Å². The largest absolute Gasteiger partial charge is 0.379 e. The van der Waals surface area contributed by atoms with Crippen molar-refractivity contribution in [2.24, 2.45) is 11.7 Å². The topological polar surface area (TPSA) is 259 Å². The van der Waals surface area contributed by atoms with Gasteiger partial charge in [-0.25, -0.2) is 4.98 Å². The van der Waals surface area contributed by atoms with Crippen LogP contribution in [0, 0.1) is 5.92 Å². The lowest BCUT2D eigenvalue weighted by Gasteiger charge is -2.26. The standard InChI is InChI=1S/C61H107N9O11S2/c1-47(71)43-54(65-48(2)72)56(75)31-23-35-63-34-17-12-13-21-42-82-83-59-33-32-50(45-64-59)55(74)30-22-26-51(73)27-24-39-80-40-41-81-46-58(77)66-52(28-15-19-37-69(6,7)8)57(76)44-49(25-14-18-36-68(3,4)5)61(79)67-53(60(62)78)29-16-20-38-70(9,10)11/h32-33,45,49,52-54,63H,12-31,34-44,46H2,1-11H3,(H2-3,62,65,66,67,72,77,78,79)/p+3/t49-,52+,53+,54+/m1/s1. The molecule has 0 aliphatic rings. The number of carbonyl (C=O) groups is 9. The normalized spacial score (nSPS) is 13.4. The number of hydrogen-bond donors (Lipinski definition) is 5. The van der Waals surface area contributed by atoms with E-state index in [1.54, 1.807) is 33.9 Å². The lowest BCUT2D eigenvalue weighted by atomic mass is 9.90. The summed E-state index contributed by atoms with van der Waals surface area (Å²) in [4.78, 5) is 119. The molecule has 0 fully saturated rings. The number of Topliss-reactive ketones (excluding diaryl/α,β-unsaturated/α-hetero) is 5. The first-order chi connectivity index (χ1) is 39.0. The van der Waals surface area contributed by atoms with Gasteiger partial charge in [0.05, 0.1) is 108 Å². The molecule has 1 aromatic rings. The zero-order valence-corrected chi connectivity index (χ0v) is 54.5. The van der Waals surface area contributed by atoms with Crippen LogP contribution in [0.4, 0.5) is 0 Å². The van der Waals surface area contributed by atoms with Gasteiger partial charge in [-0.05, 0) is 133 Å². The summed E-state index contributed by atoms with van der Waals surface area (Å²) in [5.74, 6) is -1.92. The van der Waals surface area contributed by atoms with Crippen molar-refractivity contribution < 1.29 is 66.1 Å². The maximum atomic E-state index is 14.1. The molecular formula is C61H110N9O11S2+3. The van der Waals surface area contributed by atoms with Crippen LogP contribution in [-0.2, 0) is 47.8 Å². The Morgan fingerprint density at radius 3 is 1.75 bits per heavy atom. The van der Waals surface area contributed by atoms with Crippen molar-refractivity contribution in [3.63, 3.8) is 0 Å². The van der Waals surface area contributed by atoms with Crippen LogP contribution in [0.2, 0.25) is 0 Å². The molecule has 1 heterocycles. The summed E-state index contributed by atoms with van der Waals surface area (Å²) < 4.78 is 13.6. The van der Waals surface area contributed by atoms with E-state index in [0.29, 0.717) is 82.9 Å². The molecule has 4 atom stereocenters. The van der Waals surface area contributed by atoms with E-state index < -0.39 is 35.9 Å². The third-order valence-corrected chi connectivity index (χ3v) is 16.1. The molecule has 0 saturated carbocycles. The van der Waals surface area contributed by atoms with Crippen molar-refractivity contribution in [2.75, 3.05) is 128 Å². The van der Waals surface area contributed by atoms with Crippen LogP contribution in [0.5, 0.6) is 0 Å². The summed E-state index contributed by atoms with van der Waals surface area (Å²) in [6.07, 6.45) is 14.7. The van der Waals surface area contributed by atoms with Gasteiger partial charge < -0.3 is 49.9 Å². The highest BCUT2D eigenvalue weighted by molar-refractivity contribution is 8.76. The van der Waals surface area contributed by atoms with Crippen molar-refractivity contribution in [1.29, 1.82) is 0 Å². The second-order valence-corrected chi connectivity index (χ2v) is 27.7. The first-order valence-electron chi connectivity index (χ1n) is 30.3. The molecule has 4 amide bonds. The van der Waals surface area contributed by atoms with Gasteiger partial charge in [0.25, 0.3) is 0 Å². The van der Waals surface area contributed by atoms with Gasteiger partial charge in [0.2, 0.25) is 23.6 Å². The van der Waals surface area contributed by atoms with Gasteiger partial charge in [-0.2, -0.15) is 0 Å². The van der Waals surface area contributed by atoms with Gasteiger partial charge >= 0.3 is 0 Å². The second-order valence-electron chi connectivity index (χ2n) is 25.2. The van der Waals surface area contributed by atoms with Crippen LogP contribution in [-0.4, -0.2) is 217 Å². The lowest BCUT2D eigenvalue weighted by Crippen LogP contribution is -2.48. The minimum absolute atomic E-state index is 0.0277. The Morgan fingerprint density at radius 1 is 0.566 bits per heavy atom. The smallest absolute Gasteiger partial charge is 0.246 e. The first kappa shape index (κ1) is 76.9. The van der Waals surface area contributed by atoms with E-state index in [1.165, 1.54) is 13.8 Å². The average Bonchev–Trinajstić information content (AvgIpc) is 3.38. The van der Waals surface area contributed by atoms with Crippen molar-refractivity contribution in [3.05, 3.63) is 23.9 Å². The van der Waals surface area contributed by atoms with E-state index in [9.17, 15) is 43.2 Å². The summed E-state index contributed by atoms with van der Waals surface area (Å²) >= 11 is 0. The highest BCUT2D eigenvalue weighted by atomic mass is 33.1. The maximum Gasteiger partial charge on any atom is 0.246 e. The number of amides is 4. The molecule has 0 saturated heterocycles. The molecule has 474 valence electrons. The van der Waals surface area contributed by atoms with Crippen molar-refractivity contribution in [2.45, 2.75) is 178 Å². The molecule has 0 radical (unpaired) electrons. The monoisotopic (exact) mass is 1210 g/mol. The van der Waals surface area contributed by atoms with Gasteiger partial charge in [-0.3, -0.25) is 43.2 Å². The van der Waals surface area contributed by atoms with E-state index in [-0.39, 0.29) is 79.8 Å². The van der Waals surface area contributed by atoms with Crippen LogP contribution < -0.4 is 27.0 Å². The van der Waals surface area contributed by atoms with Crippen LogP contribution in [0.15, 0.2) is 23.4 Å². The number of carbonyl (C=O) groups excluding carboxylic acids is 9. The maximum absolute atomic E-state index is 14.1. The van der Waals surface area contributed by atoms with Gasteiger partial charge in [0.15, 0.2) is 17.3 Å². The van der Waals surface area contributed by atoms with Gasteiger partial charge in [0.1, 0.15) is 29.2 Å². The number of unbranched alkanes of at least 4 members (excludes halogenated alkanes) is 6. The van der Waals surface area contributed by atoms with Crippen molar-refractivity contribution in [3.8, 4) is 0 Å². The third-order valence-electron chi connectivity index (χ3n) is 13.8. The number of pyridine rings is 1. The Labute approximate surface area is 506 Å². The highest BCUT2D eigenvalue weighted by Crippen LogP contribution is 2.30. The lowest BCUT2D eigenvalue weighted by molar-refractivity contribution is -0.870. The minimum Gasteiger partial charge on any atom is -0.379 e. The van der Waals surface area contributed by atoms with Crippen molar-refractivity contribution >= 4 is 74.1 Å². The van der Waals surface area contributed by atoms with Crippen LogP contribution in [0.25, 0.3) is 0 Å². The Morgan fingerprint density at radius 2 is 1.16 bits per heavy atom. The second kappa shape index (κ2) is 43.5. The molecule has 0 aromatic carbocycles. The van der Waals surface area contributed by atoms with Gasteiger partial charge in [-0.15, -0.1) is 0 Å². The predicted octanol–water partition coefficient (Wildman–Crippen LogP) is 6.20. The number of hydrogen-bond acceptors (Lipinski definition) is 15. The fourth-order valence-electron chi connectivity index (χ4n) is 9.08. The average molecular weight is 1210 g/mol. The Balaban J connectivity index is 2.45. The number of aromatic nitrogens is 1. The molecule has 0 unspecified atom stereocenters. The number of rotatable bonds is 53. The molecule has 6 N–H and O–H groups in total. The third kappa shape index (κ3) is 43.2. The van der Waals surface area contributed by atoms with E-state index in [2.05, 4.69) is 89.7 Å². The summed E-state index contributed by atoms with van der Waals surface area (Å²) in [6.45, 7) is 7.44. The first-order valence-corrected chi connectivity index (χ1v) is 32.7. The molecule has 22 heteroatoms. The van der Waals surface area contributed by atoms with Crippen LogP contribution >= 0.6 is 21.6 Å². The summed E-state index contributed by atoms with van der Waals surface area (Å²) in [6, 6.07) is 1.25. The number of ketones is 5. The number of nitrogens with two attached hydrogens (primary N) is 1. The van der Waals surface area contributed by atoms with E-state index in [1.807, 2.05) is 6.07 Å². The Bertz CT molecular complexity index is 2080. The van der Waals surface area contributed by atoms with E-state index >= 15 is 0 Å². The van der Waals surface area contributed by atoms with Crippen LogP contribution in [0.3, 0.4) is 0 Å². The molecule has 0 aliphatic carbocycles. The molecule has 0 bridgehead atoms. The zero-order chi connectivity index (χ0) is 62.3. The molecule has 83 heavy (non-hydrogen) atoms. The Hall–Kier alpha value is -4.16. The number of nitrogens with one attached hydrogen (secondary N) is 4. The molecule has 20 nitrogen and oxygen atoms in total. The fourth-order valence-corrected chi connectivity index (χ4v) is 11.1. The predicted molar refractivity (Wildman–Crippen MR) is 332 cm³/mol. The number of primary amides is 1. The SMILES string of the molecule is CC(=O)C[C@H](NC(C)=O)C(=O)CCCNCCCCCCSSc1ccc(C(=O)CCCC(=O)CCCOCCOCC(=O)N[C@@H](CCCC[N+](C)(C)C)C(=O)C[C@@H](CCCC[N+](C)(C)C)C(=O)N[C@@H](CCCC[N+](C)(C)C)C(N)=O)cn1.